The third-order valence-electron chi connectivity index (χ3n) is 5.36. The van der Waals surface area contributed by atoms with Crippen LogP contribution in [0.2, 0.25) is 0 Å². The van der Waals surface area contributed by atoms with Gasteiger partial charge in [-0.05, 0) is 54.1 Å². The predicted octanol–water partition coefficient (Wildman–Crippen LogP) is 3.79. The summed E-state index contributed by atoms with van der Waals surface area (Å²) in [5.41, 5.74) is 1.15. The Hall–Kier alpha value is -5.23. The molecule has 3 aromatic carbocycles. The first-order chi connectivity index (χ1) is 17.4. The second-order valence-electron chi connectivity index (χ2n) is 7.50. The number of carbonyl (C=O) groups excluding carboxylic acids is 4. The van der Waals surface area contributed by atoms with Crippen LogP contribution in [0, 0.1) is 11.3 Å². The van der Waals surface area contributed by atoms with E-state index in [0.717, 1.165) is 4.90 Å². The van der Waals surface area contributed by atoms with Gasteiger partial charge in [-0.25, -0.2) is 14.5 Å². The number of amides is 2. The minimum absolute atomic E-state index is 0.0855. The van der Waals surface area contributed by atoms with E-state index in [9.17, 15) is 19.2 Å². The summed E-state index contributed by atoms with van der Waals surface area (Å²) in [6.07, 6.45) is 1.31. The molecule has 0 aromatic heterocycles. The number of benzene rings is 3. The normalized spacial score (nSPS) is 12.6. The van der Waals surface area contributed by atoms with Gasteiger partial charge in [0.05, 0.1) is 36.6 Å². The van der Waals surface area contributed by atoms with Gasteiger partial charge in [0, 0.05) is 0 Å². The standard InChI is InChI=1S/C27H18N2O7/c1-34-23-13-16(12-18(15-28)26(32)35-2)10-11-22(23)36-27(33)17-6-5-7-19(14-17)29-24(30)20-8-3-4-9-21(20)25(29)31/h3-14H,1-2H3/b18-12+. The van der Waals surface area contributed by atoms with Gasteiger partial charge in [0.1, 0.15) is 11.6 Å². The lowest BCUT2D eigenvalue weighted by Gasteiger charge is -2.15. The molecule has 2 amide bonds. The number of ether oxygens (including phenoxy) is 3. The van der Waals surface area contributed by atoms with E-state index in [1.54, 1.807) is 36.4 Å². The van der Waals surface area contributed by atoms with Crippen LogP contribution in [0.5, 0.6) is 11.5 Å². The summed E-state index contributed by atoms with van der Waals surface area (Å²) < 4.78 is 15.3. The molecule has 0 N–H and O–H groups in total. The number of carbonyl (C=O) groups is 4. The lowest BCUT2D eigenvalue weighted by Crippen LogP contribution is -2.29. The highest BCUT2D eigenvalue weighted by Gasteiger charge is 2.36. The maximum atomic E-state index is 12.9. The van der Waals surface area contributed by atoms with Crippen molar-refractivity contribution in [3.63, 3.8) is 0 Å². The van der Waals surface area contributed by atoms with Gasteiger partial charge < -0.3 is 14.2 Å². The van der Waals surface area contributed by atoms with Crippen molar-refractivity contribution in [1.82, 2.24) is 0 Å². The van der Waals surface area contributed by atoms with Crippen molar-refractivity contribution >= 4 is 35.5 Å². The van der Waals surface area contributed by atoms with E-state index < -0.39 is 23.8 Å². The SMILES string of the molecule is COC(=O)/C(C#N)=C/c1ccc(OC(=O)c2cccc(N3C(=O)c4ccccc4C3=O)c2)c(OC)c1. The fraction of sp³-hybridized carbons (Fsp3) is 0.0741. The molecule has 1 heterocycles. The fourth-order valence-corrected chi connectivity index (χ4v) is 3.63. The molecule has 0 aliphatic carbocycles. The van der Waals surface area contributed by atoms with E-state index in [0.29, 0.717) is 16.7 Å². The number of imide groups is 1. The zero-order valence-corrected chi connectivity index (χ0v) is 19.2. The molecule has 0 bridgehead atoms. The van der Waals surface area contributed by atoms with E-state index in [1.165, 1.54) is 56.7 Å². The molecule has 0 atom stereocenters. The molecule has 1 aliphatic heterocycles. The van der Waals surface area contributed by atoms with Gasteiger partial charge in [0.15, 0.2) is 11.5 Å². The number of methoxy groups -OCH3 is 2. The van der Waals surface area contributed by atoms with Crippen LogP contribution in [0.4, 0.5) is 5.69 Å². The lowest BCUT2D eigenvalue weighted by molar-refractivity contribution is -0.135. The summed E-state index contributed by atoms with van der Waals surface area (Å²) in [6.45, 7) is 0. The monoisotopic (exact) mass is 482 g/mol. The van der Waals surface area contributed by atoms with Crippen LogP contribution in [0.3, 0.4) is 0 Å². The zero-order chi connectivity index (χ0) is 25.8. The van der Waals surface area contributed by atoms with E-state index in [4.69, 9.17) is 14.7 Å². The van der Waals surface area contributed by atoms with Crippen LogP contribution in [0.15, 0.2) is 72.3 Å². The van der Waals surface area contributed by atoms with Gasteiger partial charge in [-0.3, -0.25) is 9.59 Å². The van der Waals surface area contributed by atoms with Crippen LogP contribution >= 0.6 is 0 Å². The van der Waals surface area contributed by atoms with Gasteiger partial charge in [-0.15, -0.1) is 0 Å². The number of anilines is 1. The summed E-state index contributed by atoms with van der Waals surface area (Å²) in [6, 6.07) is 18.7. The Morgan fingerprint density at radius 2 is 1.58 bits per heavy atom. The number of nitriles is 1. The van der Waals surface area contributed by atoms with Gasteiger partial charge >= 0.3 is 11.9 Å². The Morgan fingerprint density at radius 1 is 0.889 bits per heavy atom. The van der Waals surface area contributed by atoms with Crippen molar-refractivity contribution < 1.29 is 33.4 Å². The zero-order valence-electron chi connectivity index (χ0n) is 19.2. The molecule has 36 heavy (non-hydrogen) atoms. The Labute approximate surface area is 205 Å². The molecular formula is C27H18N2O7. The first kappa shape index (κ1) is 23.9. The first-order valence-electron chi connectivity index (χ1n) is 10.6. The number of hydrogen-bond donors (Lipinski definition) is 0. The van der Waals surface area contributed by atoms with Crippen molar-refractivity contribution in [2.24, 2.45) is 0 Å². The van der Waals surface area contributed by atoms with Crippen LogP contribution < -0.4 is 14.4 Å². The van der Waals surface area contributed by atoms with E-state index >= 15 is 0 Å². The maximum Gasteiger partial charge on any atom is 0.348 e. The number of rotatable bonds is 6. The molecule has 1 aliphatic rings. The number of fused-ring (bicyclic) bond motifs is 1. The smallest absolute Gasteiger partial charge is 0.348 e. The Morgan fingerprint density at radius 3 is 2.19 bits per heavy atom. The number of nitrogens with zero attached hydrogens (tertiary/aromatic N) is 2. The summed E-state index contributed by atoms with van der Waals surface area (Å²) in [7, 11) is 2.54. The van der Waals surface area contributed by atoms with Gasteiger partial charge in [0.25, 0.3) is 11.8 Å². The number of esters is 2. The van der Waals surface area contributed by atoms with Crippen LogP contribution in [-0.2, 0) is 9.53 Å². The van der Waals surface area contributed by atoms with E-state index in [-0.39, 0.29) is 28.3 Å². The molecule has 178 valence electrons. The molecule has 3 aromatic rings. The Kier molecular flexibility index (Phi) is 6.61. The van der Waals surface area contributed by atoms with Crippen LogP contribution in [0.25, 0.3) is 6.08 Å². The summed E-state index contributed by atoms with van der Waals surface area (Å²) in [5, 5.41) is 9.13. The molecule has 0 radical (unpaired) electrons. The highest BCUT2D eigenvalue weighted by atomic mass is 16.6. The van der Waals surface area contributed by atoms with Crippen molar-refractivity contribution in [3.8, 4) is 17.6 Å². The van der Waals surface area contributed by atoms with Crippen molar-refractivity contribution in [3.05, 3.63) is 94.6 Å². The first-order valence-corrected chi connectivity index (χ1v) is 10.6. The Bertz CT molecular complexity index is 1450. The minimum atomic E-state index is -0.787. The molecular weight excluding hydrogens is 464 g/mol. The Balaban J connectivity index is 1.58. The average molecular weight is 482 g/mol. The average Bonchev–Trinajstić information content (AvgIpc) is 3.17. The highest BCUT2D eigenvalue weighted by molar-refractivity contribution is 6.34. The second-order valence-corrected chi connectivity index (χ2v) is 7.50. The molecule has 0 unspecified atom stereocenters. The van der Waals surface area contributed by atoms with Gasteiger partial charge in [-0.1, -0.05) is 24.3 Å². The quantitative estimate of drug-likeness (QED) is 0.171. The highest BCUT2D eigenvalue weighted by Crippen LogP contribution is 2.31. The molecule has 9 heteroatoms. The van der Waals surface area contributed by atoms with Crippen molar-refractivity contribution in [2.75, 3.05) is 19.1 Å². The maximum absolute atomic E-state index is 12.9. The molecule has 0 spiro atoms. The summed E-state index contributed by atoms with van der Waals surface area (Å²) in [4.78, 5) is 51.1. The lowest BCUT2D eigenvalue weighted by atomic mass is 10.1. The topological polar surface area (TPSA) is 123 Å². The van der Waals surface area contributed by atoms with Crippen molar-refractivity contribution in [1.29, 1.82) is 5.26 Å². The fourth-order valence-electron chi connectivity index (χ4n) is 3.63. The summed E-state index contributed by atoms with van der Waals surface area (Å²) >= 11 is 0. The molecule has 0 saturated carbocycles. The second kappa shape index (κ2) is 9.95. The third-order valence-corrected chi connectivity index (χ3v) is 5.36. The third kappa shape index (κ3) is 4.43. The largest absolute Gasteiger partial charge is 0.493 e. The van der Waals surface area contributed by atoms with E-state index in [1.807, 2.05) is 0 Å². The molecule has 9 nitrogen and oxygen atoms in total. The molecule has 4 rings (SSSR count). The van der Waals surface area contributed by atoms with Crippen LogP contribution in [-0.4, -0.2) is 38.0 Å². The van der Waals surface area contributed by atoms with Gasteiger partial charge in [-0.2, -0.15) is 5.26 Å². The molecule has 0 fully saturated rings. The van der Waals surface area contributed by atoms with Crippen molar-refractivity contribution in [2.45, 2.75) is 0 Å². The summed E-state index contributed by atoms with van der Waals surface area (Å²) in [5.74, 6) is -2.23. The van der Waals surface area contributed by atoms with Crippen LogP contribution in [0.1, 0.15) is 36.6 Å². The minimum Gasteiger partial charge on any atom is -0.493 e. The number of hydrogen-bond acceptors (Lipinski definition) is 8. The van der Waals surface area contributed by atoms with E-state index in [2.05, 4.69) is 4.74 Å². The molecule has 0 saturated heterocycles. The van der Waals surface area contributed by atoms with Gasteiger partial charge in [0.2, 0.25) is 0 Å². The predicted molar refractivity (Wildman–Crippen MR) is 128 cm³/mol.